The lowest BCUT2D eigenvalue weighted by Crippen LogP contribution is -2.63. The first kappa shape index (κ1) is 19.5. The molecule has 6 heteroatoms. The Kier molecular flexibility index (Phi) is 6.14. The van der Waals surface area contributed by atoms with Crippen molar-refractivity contribution in [2.75, 3.05) is 6.54 Å². The number of hydrogen-bond acceptors (Lipinski definition) is 6. The summed E-state index contributed by atoms with van der Waals surface area (Å²) in [4.78, 5) is 12.6. The van der Waals surface area contributed by atoms with Crippen LogP contribution in [0, 0.1) is 5.41 Å². The van der Waals surface area contributed by atoms with Gasteiger partial charge in [0.2, 0.25) is 0 Å². The number of rotatable bonds is 5. The molecular weight excluding hydrogens is 286 g/mol. The minimum absolute atomic E-state index is 0.188. The molecule has 1 aliphatic heterocycles. The van der Waals surface area contributed by atoms with Crippen LogP contribution in [0.3, 0.4) is 0 Å². The minimum atomic E-state index is -1.42. The summed E-state index contributed by atoms with van der Waals surface area (Å²) in [5, 5.41) is 33.4. The Bertz CT molecular complexity index is 390. The van der Waals surface area contributed by atoms with Crippen molar-refractivity contribution in [1.82, 2.24) is 5.32 Å². The van der Waals surface area contributed by atoms with E-state index in [2.05, 4.69) is 5.32 Å². The molecule has 0 spiro atoms. The Morgan fingerprint density at radius 2 is 1.59 bits per heavy atom. The average molecular weight is 317 g/mol. The lowest BCUT2D eigenvalue weighted by atomic mass is 9.79. The molecule has 130 valence electrons. The molecule has 6 nitrogen and oxygen atoms in total. The molecular formula is C16H31NO5. The molecule has 0 bridgehead atoms. The Morgan fingerprint density at radius 3 is 2.05 bits per heavy atom. The second-order valence-electron chi connectivity index (χ2n) is 7.80. The molecule has 0 aromatic rings. The van der Waals surface area contributed by atoms with E-state index in [0.717, 1.165) is 0 Å². The summed E-state index contributed by atoms with van der Waals surface area (Å²) in [6.45, 7) is 11.6. The zero-order chi connectivity index (χ0) is 17.3. The molecule has 4 N–H and O–H groups in total. The van der Waals surface area contributed by atoms with Gasteiger partial charge in [-0.3, -0.25) is 4.79 Å². The number of Topliss-reactive ketones (excluding diaryl/α,β-unsaturated/α-hetero) is 1. The maximum atomic E-state index is 12.6. The van der Waals surface area contributed by atoms with Crippen molar-refractivity contribution in [3.05, 3.63) is 0 Å². The third-order valence-electron chi connectivity index (χ3n) is 4.36. The van der Waals surface area contributed by atoms with Crippen LogP contribution in [-0.4, -0.2) is 63.7 Å². The fourth-order valence-corrected chi connectivity index (χ4v) is 2.30. The zero-order valence-corrected chi connectivity index (χ0v) is 14.5. The van der Waals surface area contributed by atoms with Crippen molar-refractivity contribution < 1.29 is 24.9 Å². The van der Waals surface area contributed by atoms with Crippen molar-refractivity contribution in [3.8, 4) is 0 Å². The Balaban J connectivity index is 2.89. The quantitative estimate of drug-likeness (QED) is 0.579. The SMILES string of the molecule is CCC(C)(C)C(=O)C1OC(CNC(C)(C)C)C(O)C(O)C1O. The number of ether oxygens (including phenoxy) is 1. The van der Waals surface area contributed by atoms with Gasteiger partial charge in [0.1, 0.15) is 24.4 Å². The Hall–Kier alpha value is -0.530. The van der Waals surface area contributed by atoms with Crippen molar-refractivity contribution >= 4 is 5.78 Å². The Morgan fingerprint density at radius 1 is 1.05 bits per heavy atom. The van der Waals surface area contributed by atoms with Crippen LogP contribution in [0.4, 0.5) is 0 Å². The number of carbonyl (C=O) groups is 1. The molecule has 1 rings (SSSR count). The molecule has 0 amide bonds. The number of ketones is 1. The van der Waals surface area contributed by atoms with E-state index in [9.17, 15) is 20.1 Å². The third kappa shape index (κ3) is 4.49. The molecule has 0 aromatic carbocycles. The van der Waals surface area contributed by atoms with Gasteiger partial charge in [0.25, 0.3) is 0 Å². The molecule has 5 unspecified atom stereocenters. The van der Waals surface area contributed by atoms with Crippen molar-refractivity contribution in [3.63, 3.8) is 0 Å². The first-order valence-corrected chi connectivity index (χ1v) is 7.89. The largest absolute Gasteiger partial charge is 0.388 e. The molecule has 1 aliphatic rings. The minimum Gasteiger partial charge on any atom is -0.388 e. The molecule has 1 heterocycles. The van der Waals surface area contributed by atoms with E-state index in [1.165, 1.54) is 0 Å². The van der Waals surface area contributed by atoms with Gasteiger partial charge in [-0.2, -0.15) is 0 Å². The van der Waals surface area contributed by atoms with Crippen LogP contribution in [0.25, 0.3) is 0 Å². The van der Waals surface area contributed by atoms with Crippen LogP contribution in [0.2, 0.25) is 0 Å². The maximum Gasteiger partial charge on any atom is 0.169 e. The smallest absolute Gasteiger partial charge is 0.169 e. The summed E-state index contributed by atoms with van der Waals surface area (Å²) in [6, 6.07) is 0. The molecule has 0 radical (unpaired) electrons. The summed E-state index contributed by atoms with van der Waals surface area (Å²) in [6.07, 6.45) is -5.33. The second-order valence-corrected chi connectivity index (χ2v) is 7.80. The molecule has 0 saturated carbocycles. The van der Waals surface area contributed by atoms with Crippen LogP contribution in [0.5, 0.6) is 0 Å². The highest BCUT2D eigenvalue weighted by Crippen LogP contribution is 2.30. The van der Waals surface area contributed by atoms with E-state index in [1.54, 1.807) is 13.8 Å². The summed E-state index contributed by atoms with van der Waals surface area (Å²) >= 11 is 0. The molecule has 1 fully saturated rings. The second kappa shape index (κ2) is 6.93. The van der Waals surface area contributed by atoms with Gasteiger partial charge in [0, 0.05) is 17.5 Å². The number of carbonyl (C=O) groups excluding carboxylic acids is 1. The highest BCUT2D eigenvalue weighted by atomic mass is 16.5. The molecule has 1 saturated heterocycles. The van der Waals surface area contributed by atoms with Gasteiger partial charge in [-0.1, -0.05) is 20.8 Å². The highest BCUT2D eigenvalue weighted by Gasteiger charge is 2.49. The number of aliphatic hydroxyl groups is 3. The average Bonchev–Trinajstić information content (AvgIpc) is 2.42. The van der Waals surface area contributed by atoms with Gasteiger partial charge in [0.05, 0.1) is 6.10 Å². The monoisotopic (exact) mass is 317 g/mol. The van der Waals surface area contributed by atoms with Crippen molar-refractivity contribution in [1.29, 1.82) is 0 Å². The lowest BCUT2D eigenvalue weighted by Gasteiger charge is -2.42. The molecule has 0 aromatic heterocycles. The first-order chi connectivity index (χ1) is 9.90. The van der Waals surface area contributed by atoms with Gasteiger partial charge in [0.15, 0.2) is 5.78 Å². The van der Waals surface area contributed by atoms with E-state index in [4.69, 9.17) is 4.74 Å². The fraction of sp³-hybridized carbons (Fsp3) is 0.938. The summed E-state index contributed by atoms with van der Waals surface area (Å²) in [7, 11) is 0. The predicted molar refractivity (Wildman–Crippen MR) is 83.5 cm³/mol. The summed E-state index contributed by atoms with van der Waals surface area (Å²) in [5.74, 6) is -0.255. The van der Waals surface area contributed by atoms with Gasteiger partial charge >= 0.3 is 0 Å². The van der Waals surface area contributed by atoms with Gasteiger partial charge in [-0.15, -0.1) is 0 Å². The summed E-state index contributed by atoms with van der Waals surface area (Å²) < 4.78 is 5.65. The van der Waals surface area contributed by atoms with E-state index in [-0.39, 0.29) is 17.9 Å². The zero-order valence-electron chi connectivity index (χ0n) is 14.5. The fourth-order valence-electron chi connectivity index (χ4n) is 2.30. The first-order valence-electron chi connectivity index (χ1n) is 7.89. The molecule has 0 aliphatic carbocycles. The number of nitrogens with one attached hydrogen (secondary N) is 1. The molecule has 5 atom stereocenters. The van der Waals surface area contributed by atoms with E-state index in [0.29, 0.717) is 6.42 Å². The van der Waals surface area contributed by atoms with Gasteiger partial charge < -0.3 is 25.4 Å². The maximum absolute atomic E-state index is 12.6. The van der Waals surface area contributed by atoms with Crippen molar-refractivity contribution in [2.45, 2.75) is 84.0 Å². The Labute approximate surface area is 132 Å². The van der Waals surface area contributed by atoms with Crippen LogP contribution < -0.4 is 5.32 Å². The lowest BCUT2D eigenvalue weighted by molar-refractivity contribution is -0.222. The van der Waals surface area contributed by atoms with Crippen LogP contribution in [-0.2, 0) is 9.53 Å². The van der Waals surface area contributed by atoms with E-state index < -0.39 is 35.9 Å². The van der Waals surface area contributed by atoms with Crippen LogP contribution >= 0.6 is 0 Å². The van der Waals surface area contributed by atoms with Crippen LogP contribution in [0.15, 0.2) is 0 Å². The van der Waals surface area contributed by atoms with E-state index in [1.807, 2.05) is 27.7 Å². The van der Waals surface area contributed by atoms with Gasteiger partial charge in [-0.05, 0) is 27.2 Å². The topological polar surface area (TPSA) is 99.0 Å². The highest BCUT2D eigenvalue weighted by molar-refractivity contribution is 5.89. The normalized spacial score (nSPS) is 33.8. The number of aliphatic hydroxyl groups excluding tert-OH is 3. The summed E-state index contributed by atoms with van der Waals surface area (Å²) in [5.41, 5.74) is -0.845. The van der Waals surface area contributed by atoms with Crippen LogP contribution in [0.1, 0.15) is 48.0 Å². The third-order valence-corrected chi connectivity index (χ3v) is 4.36. The van der Waals surface area contributed by atoms with Crippen molar-refractivity contribution in [2.24, 2.45) is 5.41 Å². The van der Waals surface area contributed by atoms with Gasteiger partial charge in [-0.25, -0.2) is 0 Å². The number of hydrogen-bond donors (Lipinski definition) is 4. The predicted octanol–water partition coefficient (Wildman–Crippen LogP) is 0.230. The molecule has 22 heavy (non-hydrogen) atoms. The standard InChI is InChI=1S/C16H31NO5/c1-7-16(5,6)14(21)13-12(20)11(19)10(18)9(22-13)8-17-15(2,3)4/h9-13,17-20H,7-8H2,1-6H3. The van der Waals surface area contributed by atoms with E-state index >= 15 is 0 Å².